The van der Waals surface area contributed by atoms with E-state index in [1.54, 1.807) is 18.2 Å². The van der Waals surface area contributed by atoms with Crippen molar-refractivity contribution in [3.05, 3.63) is 58.1 Å². The normalized spacial score (nSPS) is 10.1. The maximum atomic E-state index is 11.9. The summed E-state index contributed by atoms with van der Waals surface area (Å²) in [5.74, 6) is -0.270. The third-order valence-corrected chi connectivity index (χ3v) is 3.95. The van der Waals surface area contributed by atoms with Crippen molar-refractivity contribution in [3.8, 4) is 5.75 Å². The van der Waals surface area contributed by atoms with Crippen molar-refractivity contribution >= 4 is 33.5 Å². The zero-order valence-corrected chi connectivity index (χ0v) is 15.1. The van der Waals surface area contributed by atoms with Gasteiger partial charge in [-0.3, -0.25) is 9.59 Å². The molecule has 126 valence electrons. The summed E-state index contributed by atoms with van der Waals surface area (Å²) < 4.78 is 11.0. The number of rotatable bonds is 6. The SMILES string of the molecule is COc1ccccc1CC(=O)OCC(=O)Nc1ccc(C)cc1Br. The standard InChI is InChI=1S/C18H18BrNO4/c1-12-7-8-15(14(19)9-12)20-17(21)11-24-18(22)10-13-5-3-4-6-16(13)23-2/h3-9H,10-11H2,1-2H3,(H,20,21). The van der Waals surface area contributed by atoms with Crippen molar-refractivity contribution in [1.82, 2.24) is 0 Å². The van der Waals surface area contributed by atoms with Crippen molar-refractivity contribution < 1.29 is 19.1 Å². The predicted molar refractivity (Wildman–Crippen MR) is 95.2 cm³/mol. The molecule has 0 aliphatic carbocycles. The predicted octanol–water partition coefficient (Wildman–Crippen LogP) is 3.49. The number of carbonyl (C=O) groups is 2. The molecule has 0 heterocycles. The highest BCUT2D eigenvalue weighted by Crippen LogP contribution is 2.23. The van der Waals surface area contributed by atoms with Crippen molar-refractivity contribution in [1.29, 1.82) is 0 Å². The minimum Gasteiger partial charge on any atom is -0.496 e. The van der Waals surface area contributed by atoms with Crippen LogP contribution in [0.25, 0.3) is 0 Å². The van der Waals surface area contributed by atoms with Gasteiger partial charge in [-0.25, -0.2) is 0 Å². The largest absolute Gasteiger partial charge is 0.496 e. The van der Waals surface area contributed by atoms with Gasteiger partial charge >= 0.3 is 5.97 Å². The smallest absolute Gasteiger partial charge is 0.310 e. The van der Waals surface area contributed by atoms with Gasteiger partial charge in [0.05, 0.1) is 19.2 Å². The first-order chi connectivity index (χ1) is 11.5. The van der Waals surface area contributed by atoms with Crippen LogP contribution in [0.15, 0.2) is 46.9 Å². The first-order valence-corrected chi connectivity index (χ1v) is 8.12. The number of nitrogens with one attached hydrogen (secondary N) is 1. The lowest BCUT2D eigenvalue weighted by atomic mass is 10.1. The number of aryl methyl sites for hydroxylation is 1. The Balaban J connectivity index is 1.86. The molecular formula is C18H18BrNO4. The molecule has 0 aliphatic heterocycles. The minimum atomic E-state index is -0.488. The molecule has 0 unspecified atom stereocenters. The van der Waals surface area contributed by atoms with Gasteiger partial charge in [-0.15, -0.1) is 0 Å². The average molecular weight is 392 g/mol. The number of carbonyl (C=O) groups excluding carboxylic acids is 2. The highest BCUT2D eigenvalue weighted by atomic mass is 79.9. The van der Waals surface area contributed by atoms with E-state index in [4.69, 9.17) is 9.47 Å². The molecule has 6 heteroatoms. The molecule has 2 aromatic rings. The molecular weight excluding hydrogens is 374 g/mol. The van der Waals surface area contributed by atoms with E-state index in [9.17, 15) is 9.59 Å². The summed E-state index contributed by atoms with van der Waals surface area (Å²) in [6.07, 6.45) is 0.0471. The molecule has 0 fully saturated rings. The number of amides is 1. The number of para-hydroxylation sites is 1. The minimum absolute atomic E-state index is 0.0471. The number of anilines is 1. The Morgan fingerprint density at radius 3 is 2.62 bits per heavy atom. The Bertz CT molecular complexity index is 746. The fourth-order valence-electron chi connectivity index (χ4n) is 2.11. The summed E-state index contributed by atoms with van der Waals surface area (Å²) in [5, 5.41) is 2.69. The third kappa shape index (κ3) is 5.09. The van der Waals surface area contributed by atoms with Gasteiger partial charge in [0.2, 0.25) is 0 Å². The third-order valence-electron chi connectivity index (χ3n) is 3.29. The summed E-state index contributed by atoms with van der Waals surface area (Å²) in [7, 11) is 1.54. The monoisotopic (exact) mass is 391 g/mol. The topological polar surface area (TPSA) is 64.6 Å². The molecule has 0 bridgehead atoms. The second-order valence-corrected chi connectivity index (χ2v) is 6.04. The Hall–Kier alpha value is -2.34. The Kier molecular flexibility index (Phi) is 6.37. The molecule has 0 atom stereocenters. The molecule has 0 radical (unpaired) electrons. The van der Waals surface area contributed by atoms with Crippen molar-refractivity contribution in [3.63, 3.8) is 0 Å². The quantitative estimate of drug-likeness (QED) is 0.765. The van der Waals surface area contributed by atoms with Crippen LogP contribution in [0.1, 0.15) is 11.1 Å². The van der Waals surface area contributed by atoms with Crippen LogP contribution in [0.2, 0.25) is 0 Å². The van der Waals surface area contributed by atoms with E-state index in [2.05, 4.69) is 21.2 Å². The average Bonchev–Trinajstić information content (AvgIpc) is 2.56. The van der Waals surface area contributed by atoms with E-state index in [-0.39, 0.29) is 13.0 Å². The van der Waals surface area contributed by atoms with Crippen LogP contribution in [0.4, 0.5) is 5.69 Å². The molecule has 2 rings (SSSR count). The van der Waals surface area contributed by atoms with Gasteiger partial charge in [-0.05, 0) is 46.6 Å². The number of hydrogen-bond donors (Lipinski definition) is 1. The van der Waals surface area contributed by atoms with Crippen molar-refractivity contribution in [2.45, 2.75) is 13.3 Å². The Morgan fingerprint density at radius 2 is 1.92 bits per heavy atom. The number of benzene rings is 2. The highest BCUT2D eigenvalue weighted by molar-refractivity contribution is 9.10. The van der Waals surface area contributed by atoms with Gasteiger partial charge in [0.15, 0.2) is 6.61 Å². The van der Waals surface area contributed by atoms with E-state index < -0.39 is 11.9 Å². The maximum absolute atomic E-state index is 11.9. The second kappa shape index (κ2) is 8.49. The first kappa shape index (κ1) is 18.0. The van der Waals surface area contributed by atoms with Crippen LogP contribution in [-0.4, -0.2) is 25.6 Å². The van der Waals surface area contributed by atoms with E-state index in [1.807, 2.05) is 31.2 Å². The fraction of sp³-hybridized carbons (Fsp3) is 0.222. The number of hydrogen-bond acceptors (Lipinski definition) is 4. The Morgan fingerprint density at radius 1 is 1.17 bits per heavy atom. The summed E-state index contributed by atoms with van der Waals surface area (Å²) >= 11 is 3.38. The van der Waals surface area contributed by atoms with E-state index in [1.165, 1.54) is 7.11 Å². The van der Waals surface area contributed by atoms with Gasteiger partial charge in [-0.2, -0.15) is 0 Å². The fourth-order valence-corrected chi connectivity index (χ4v) is 2.70. The summed E-state index contributed by atoms with van der Waals surface area (Å²) in [4.78, 5) is 23.8. The molecule has 0 saturated carbocycles. The molecule has 0 spiro atoms. The van der Waals surface area contributed by atoms with Crippen LogP contribution < -0.4 is 10.1 Å². The van der Waals surface area contributed by atoms with Gasteiger partial charge in [-0.1, -0.05) is 24.3 Å². The van der Waals surface area contributed by atoms with Crippen LogP contribution >= 0.6 is 15.9 Å². The van der Waals surface area contributed by atoms with Crippen LogP contribution in [-0.2, 0) is 20.7 Å². The van der Waals surface area contributed by atoms with Crippen LogP contribution in [0.5, 0.6) is 5.75 Å². The van der Waals surface area contributed by atoms with Crippen LogP contribution in [0, 0.1) is 6.92 Å². The molecule has 24 heavy (non-hydrogen) atoms. The Labute approximate surface area is 149 Å². The first-order valence-electron chi connectivity index (χ1n) is 7.33. The number of methoxy groups -OCH3 is 1. The lowest BCUT2D eigenvalue weighted by Gasteiger charge is -2.10. The lowest BCUT2D eigenvalue weighted by Crippen LogP contribution is -2.22. The molecule has 0 aromatic heterocycles. The summed E-state index contributed by atoms with van der Waals surface area (Å²) in [6.45, 7) is 1.62. The van der Waals surface area contributed by atoms with Crippen LogP contribution in [0.3, 0.4) is 0 Å². The summed E-state index contributed by atoms with van der Waals surface area (Å²) in [5.41, 5.74) is 2.42. The second-order valence-electron chi connectivity index (χ2n) is 5.18. The van der Waals surface area contributed by atoms with E-state index in [0.717, 1.165) is 10.0 Å². The van der Waals surface area contributed by atoms with E-state index >= 15 is 0 Å². The number of halogens is 1. The van der Waals surface area contributed by atoms with Crippen molar-refractivity contribution in [2.75, 3.05) is 19.0 Å². The highest BCUT2D eigenvalue weighted by Gasteiger charge is 2.12. The number of ether oxygens (including phenoxy) is 2. The van der Waals surface area contributed by atoms with Gasteiger partial charge in [0.1, 0.15) is 5.75 Å². The lowest BCUT2D eigenvalue weighted by molar-refractivity contribution is -0.146. The zero-order valence-electron chi connectivity index (χ0n) is 13.5. The molecule has 5 nitrogen and oxygen atoms in total. The molecule has 0 aliphatic rings. The number of esters is 1. The van der Waals surface area contributed by atoms with Gasteiger partial charge < -0.3 is 14.8 Å². The summed E-state index contributed by atoms with van der Waals surface area (Å²) in [6, 6.07) is 12.7. The zero-order chi connectivity index (χ0) is 17.5. The van der Waals surface area contributed by atoms with Crippen molar-refractivity contribution in [2.24, 2.45) is 0 Å². The van der Waals surface area contributed by atoms with Gasteiger partial charge in [0, 0.05) is 10.0 Å². The molecule has 2 aromatic carbocycles. The van der Waals surface area contributed by atoms with Gasteiger partial charge in [0.25, 0.3) is 5.91 Å². The molecule has 1 amide bonds. The maximum Gasteiger partial charge on any atom is 0.310 e. The van der Waals surface area contributed by atoms with E-state index in [0.29, 0.717) is 17.0 Å². The molecule has 1 N–H and O–H groups in total. The molecule has 0 saturated heterocycles.